The second-order valence-corrected chi connectivity index (χ2v) is 8.37. The second-order valence-electron chi connectivity index (χ2n) is 6.82. The lowest BCUT2D eigenvalue weighted by atomic mass is 10.3. The Bertz CT molecular complexity index is 991. The highest BCUT2D eigenvalue weighted by Gasteiger charge is 2.29. The summed E-state index contributed by atoms with van der Waals surface area (Å²) in [5.74, 6) is 0.939. The first-order valence-electron chi connectivity index (χ1n) is 9.72. The maximum atomic E-state index is 12.6. The zero-order valence-corrected chi connectivity index (χ0v) is 18.1. The molecule has 1 heterocycles. The van der Waals surface area contributed by atoms with Gasteiger partial charge in [0.1, 0.15) is 10.6 Å². The smallest absolute Gasteiger partial charge is 0.339 e. The van der Waals surface area contributed by atoms with E-state index in [0.29, 0.717) is 30.3 Å². The Balaban J connectivity index is 1.73. The van der Waals surface area contributed by atoms with Crippen LogP contribution in [0.5, 0.6) is 17.2 Å². The second kappa shape index (κ2) is 9.25. The van der Waals surface area contributed by atoms with Crippen LogP contribution >= 0.6 is 0 Å². The highest BCUT2D eigenvalue weighted by molar-refractivity contribution is 7.87. The van der Waals surface area contributed by atoms with Gasteiger partial charge in [0.15, 0.2) is 11.5 Å². The van der Waals surface area contributed by atoms with Crippen LogP contribution in [0.1, 0.15) is 19.8 Å². The van der Waals surface area contributed by atoms with Crippen molar-refractivity contribution in [1.82, 2.24) is 4.90 Å². The number of urea groups is 1. The topological polar surface area (TPSA) is 85.4 Å². The number of rotatable bonds is 9. The van der Waals surface area contributed by atoms with Crippen molar-refractivity contribution >= 4 is 21.8 Å². The molecule has 1 saturated heterocycles. The quantitative estimate of drug-likeness (QED) is 0.562. The highest BCUT2D eigenvalue weighted by Crippen LogP contribution is 2.32. The predicted octanol–water partition coefficient (Wildman–Crippen LogP) is 3.51. The number of carbonyl (C=O) groups excluding carboxylic acids is 1. The Hall–Kier alpha value is -2.94. The van der Waals surface area contributed by atoms with E-state index < -0.39 is 10.1 Å². The summed E-state index contributed by atoms with van der Waals surface area (Å²) in [5, 5.41) is 0. The van der Waals surface area contributed by atoms with Crippen LogP contribution in [-0.2, 0) is 10.1 Å². The average molecular weight is 435 g/mol. The van der Waals surface area contributed by atoms with Crippen LogP contribution in [-0.4, -0.2) is 53.2 Å². The lowest BCUT2D eigenvalue weighted by Gasteiger charge is -2.18. The SMILES string of the molecule is CCCCN1CCN(c2ccc(S(=O)(=O)Oc3ccc(OC)c(OC)c3)cc2)C1=O. The van der Waals surface area contributed by atoms with Gasteiger partial charge >= 0.3 is 16.1 Å². The van der Waals surface area contributed by atoms with E-state index >= 15 is 0 Å². The standard InChI is InChI=1S/C21H26N2O6S/c1-4-5-12-22-13-14-23(21(22)24)16-6-9-18(10-7-16)30(25,26)29-17-8-11-19(27-2)20(15-17)28-3/h6-11,15H,4-5,12-14H2,1-3H3. The van der Waals surface area contributed by atoms with E-state index in [9.17, 15) is 13.2 Å². The molecule has 8 nitrogen and oxygen atoms in total. The number of hydrogen-bond acceptors (Lipinski definition) is 6. The fourth-order valence-electron chi connectivity index (χ4n) is 3.21. The molecule has 2 amide bonds. The fraction of sp³-hybridized carbons (Fsp3) is 0.381. The highest BCUT2D eigenvalue weighted by atomic mass is 32.2. The van der Waals surface area contributed by atoms with Crippen molar-refractivity contribution in [2.45, 2.75) is 24.7 Å². The van der Waals surface area contributed by atoms with Gasteiger partial charge in [-0.2, -0.15) is 8.42 Å². The zero-order chi connectivity index (χ0) is 21.7. The summed E-state index contributed by atoms with van der Waals surface area (Å²) in [7, 11) is -1.10. The van der Waals surface area contributed by atoms with E-state index in [4.69, 9.17) is 13.7 Å². The van der Waals surface area contributed by atoms with Crippen LogP contribution in [0.2, 0.25) is 0 Å². The molecule has 1 fully saturated rings. The number of nitrogens with zero attached hydrogens (tertiary/aromatic N) is 2. The molecule has 0 radical (unpaired) electrons. The minimum atomic E-state index is -4.04. The molecule has 162 valence electrons. The van der Waals surface area contributed by atoms with Gasteiger partial charge in [0.2, 0.25) is 0 Å². The summed E-state index contributed by atoms with van der Waals surface area (Å²) >= 11 is 0. The molecular weight excluding hydrogens is 408 g/mol. The Morgan fingerprint density at radius 1 is 0.967 bits per heavy atom. The summed E-state index contributed by atoms with van der Waals surface area (Å²) < 4.78 is 40.8. The number of carbonyl (C=O) groups is 1. The fourth-order valence-corrected chi connectivity index (χ4v) is 4.14. The van der Waals surface area contributed by atoms with E-state index in [1.165, 1.54) is 38.5 Å². The maximum absolute atomic E-state index is 12.6. The lowest BCUT2D eigenvalue weighted by molar-refractivity contribution is 0.220. The van der Waals surface area contributed by atoms with Crippen molar-refractivity contribution in [3.05, 3.63) is 42.5 Å². The van der Waals surface area contributed by atoms with Crippen LogP contribution in [0.4, 0.5) is 10.5 Å². The number of methoxy groups -OCH3 is 2. The molecule has 0 spiro atoms. The monoisotopic (exact) mass is 434 g/mol. The van der Waals surface area contributed by atoms with Crippen molar-refractivity contribution in [3.63, 3.8) is 0 Å². The lowest BCUT2D eigenvalue weighted by Crippen LogP contribution is -2.32. The molecule has 0 bridgehead atoms. The third kappa shape index (κ3) is 4.62. The predicted molar refractivity (Wildman–Crippen MR) is 113 cm³/mol. The number of unbranched alkanes of at least 4 members (excludes halogenated alkanes) is 1. The number of hydrogen-bond donors (Lipinski definition) is 0. The van der Waals surface area contributed by atoms with Crippen molar-refractivity contribution < 1.29 is 26.9 Å². The van der Waals surface area contributed by atoms with Gasteiger partial charge < -0.3 is 18.6 Å². The van der Waals surface area contributed by atoms with E-state index in [2.05, 4.69) is 6.92 Å². The first-order valence-corrected chi connectivity index (χ1v) is 11.1. The largest absolute Gasteiger partial charge is 0.493 e. The Kier molecular flexibility index (Phi) is 6.71. The van der Waals surface area contributed by atoms with Gasteiger partial charge in [-0.25, -0.2) is 4.79 Å². The number of ether oxygens (including phenoxy) is 2. The Labute approximate surface area is 177 Å². The average Bonchev–Trinajstić information content (AvgIpc) is 3.12. The molecule has 0 N–H and O–H groups in total. The van der Waals surface area contributed by atoms with E-state index in [-0.39, 0.29) is 16.7 Å². The van der Waals surface area contributed by atoms with Gasteiger partial charge in [-0.15, -0.1) is 0 Å². The summed E-state index contributed by atoms with van der Waals surface area (Å²) in [6.45, 7) is 4.07. The maximum Gasteiger partial charge on any atom is 0.339 e. The molecule has 30 heavy (non-hydrogen) atoms. The number of benzene rings is 2. The van der Waals surface area contributed by atoms with Crippen LogP contribution < -0.4 is 18.6 Å². The summed E-state index contributed by atoms with van der Waals surface area (Å²) in [6, 6.07) is 10.6. The van der Waals surface area contributed by atoms with Crippen LogP contribution in [0, 0.1) is 0 Å². The normalized spacial score (nSPS) is 14.2. The first kappa shape index (κ1) is 21.8. The zero-order valence-electron chi connectivity index (χ0n) is 17.3. The van der Waals surface area contributed by atoms with E-state index in [0.717, 1.165) is 19.4 Å². The molecule has 0 atom stereocenters. The van der Waals surface area contributed by atoms with Crippen molar-refractivity contribution in [2.24, 2.45) is 0 Å². The molecule has 0 unspecified atom stereocenters. The molecule has 0 aliphatic carbocycles. The summed E-state index contributed by atoms with van der Waals surface area (Å²) in [4.78, 5) is 16.0. The molecule has 0 saturated carbocycles. The van der Waals surface area contributed by atoms with Gasteiger partial charge in [-0.1, -0.05) is 13.3 Å². The molecule has 1 aliphatic heterocycles. The van der Waals surface area contributed by atoms with Crippen LogP contribution in [0.15, 0.2) is 47.4 Å². The molecule has 2 aromatic rings. The third-order valence-electron chi connectivity index (χ3n) is 4.87. The van der Waals surface area contributed by atoms with Gasteiger partial charge in [-0.05, 0) is 42.8 Å². The van der Waals surface area contributed by atoms with Crippen LogP contribution in [0.3, 0.4) is 0 Å². The van der Waals surface area contributed by atoms with Gasteiger partial charge in [-0.3, -0.25) is 4.90 Å². The van der Waals surface area contributed by atoms with Crippen molar-refractivity contribution in [3.8, 4) is 17.2 Å². The van der Waals surface area contributed by atoms with Crippen molar-refractivity contribution in [1.29, 1.82) is 0 Å². The number of amides is 2. The minimum absolute atomic E-state index is 0.00415. The molecule has 1 aliphatic rings. The summed E-state index contributed by atoms with van der Waals surface area (Å²) in [5.41, 5.74) is 0.657. The van der Waals surface area contributed by atoms with Crippen LogP contribution in [0.25, 0.3) is 0 Å². The summed E-state index contributed by atoms with van der Waals surface area (Å²) in [6.07, 6.45) is 1.99. The van der Waals surface area contributed by atoms with E-state index in [1.54, 1.807) is 23.1 Å². The number of anilines is 1. The molecule has 0 aromatic heterocycles. The molecular formula is C21H26N2O6S. The van der Waals surface area contributed by atoms with Gasteiger partial charge in [0.25, 0.3) is 0 Å². The van der Waals surface area contributed by atoms with Gasteiger partial charge in [0, 0.05) is 31.4 Å². The Morgan fingerprint density at radius 2 is 1.67 bits per heavy atom. The molecule has 9 heteroatoms. The van der Waals surface area contributed by atoms with E-state index in [1.807, 2.05) is 4.90 Å². The van der Waals surface area contributed by atoms with Crippen molar-refractivity contribution in [2.75, 3.05) is 38.8 Å². The van der Waals surface area contributed by atoms with Gasteiger partial charge in [0.05, 0.1) is 14.2 Å². The first-order chi connectivity index (χ1) is 14.4. The third-order valence-corrected chi connectivity index (χ3v) is 6.14. The molecule has 2 aromatic carbocycles. The molecule has 3 rings (SSSR count). The Morgan fingerprint density at radius 3 is 2.30 bits per heavy atom. The minimum Gasteiger partial charge on any atom is -0.493 e.